The molecule has 3 heterocycles. The summed E-state index contributed by atoms with van der Waals surface area (Å²) >= 11 is 0. The summed E-state index contributed by atoms with van der Waals surface area (Å²) in [6.45, 7) is 5.42. The molecule has 1 saturated heterocycles. The van der Waals surface area contributed by atoms with E-state index in [-0.39, 0.29) is 11.7 Å². The zero-order valence-electron chi connectivity index (χ0n) is 12.5. The van der Waals surface area contributed by atoms with Crippen molar-refractivity contribution in [2.45, 2.75) is 45.2 Å². The maximum atomic E-state index is 11.5. The lowest BCUT2D eigenvalue weighted by Crippen LogP contribution is -2.39. The van der Waals surface area contributed by atoms with Crippen molar-refractivity contribution in [2.75, 3.05) is 6.54 Å². The normalized spacial score (nSPS) is 20.2. The number of hydrogen-bond donors (Lipinski definition) is 1. The molecule has 21 heavy (non-hydrogen) atoms. The Morgan fingerprint density at radius 2 is 2.19 bits per heavy atom. The molecule has 2 aromatic heterocycles. The fourth-order valence-electron chi connectivity index (χ4n) is 3.32. The van der Waals surface area contributed by atoms with Crippen LogP contribution < -0.4 is 0 Å². The summed E-state index contributed by atoms with van der Waals surface area (Å²) in [6.07, 6.45) is 5.17. The molecule has 1 atom stereocenters. The molecular weight excluding hydrogens is 266 g/mol. The van der Waals surface area contributed by atoms with Crippen molar-refractivity contribution in [3.8, 4) is 0 Å². The molecule has 5 nitrogen and oxygen atoms in total. The quantitative estimate of drug-likeness (QED) is 0.943. The van der Waals surface area contributed by atoms with Crippen molar-refractivity contribution >= 4 is 11.5 Å². The minimum absolute atomic E-state index is 0.196. The van der Waals surface area contributed by atoms with Gasteiger partial charge in [-0.05, 0) is 45.4 Å². The average molecular weight is 287 g/mol. The van der Waals surface area contributed by atoms with Crippen molar-refractivity contribution in [1.29, 1.82) is 0 Å². The van der Waals surface area contributed by atoms with Crippen molar-refractivity contribution in [2.24, 2.45) is 0 Å². The van der Waals surface area contributed by atoms with E-state index in [1.165, 1.54) is 6.42 Å². The van der Waals surface area contributed by atoms with Crippen molar-refractivity contribution < 1.29 is 9.90 Å². The number of fused-ring (bicyclic) bond motifs is 1. The summed E-state index contributed by atoms with van der Waals surface area (Å²) in [6, 6.07) is 5.95. The van der Waals surface area contributed by atoms with Crippen molar-refractivity contribution in [1.82, 2.24) is 14.3 Å². The van der Waals surface area contributed by atoms with E-state index in [2.05, 4.69) is 23.7 Å². The number of hydrogen-bond acceptors (Lipinski definition) is 3. The molecular formula is C16H21N3O2. The standard InChI is InChI=1S/C16H21N3O2/c1-11(2)18-9-4-3-7-13(18)15-17-10-12-6-5-8-14(16(20)21)19(12)15/h5-6,8,10-11,13H,3-4,7,9H2,1-2H3,(H,20,21). The van der Waals surface area contributed by atoms with E-state index >= 15 is 0 Å². The van der Waals surface area contributed by atoms with Gasteiger partial charge in [-0.3, -0.25) is 9.30 Å². The van der Waals surface area contributed by atoms with Crippen LogP contribution in [0.2, 0.25) is 0 Å². The summed E-state index contributed by atoms with van der Waals surface area (Å²) < 4.78 is 1.80. The summed E-state index contributed by atoms with van der Waals surface area (Å²) in [4.78, 5) is 18.5. The molecule has 0 aliphatic carbocycles. The summed E-state index contributed by atoms with van der Waals surface area (Å²) in [5.74, 6) is -0.0526. The first kappa shape index (κ1) is 14.1. The number of carboxylic acids is 1. The van der Waals surface area contributed by atoms with Crippen LogP contribution in [0.3, 0.4) is 0 Å². The Kier molecular flexibility index (Phi) is 3.68. The number of aromatic nitrogens is 2. The molecule has 1 unspecified atom stereocenters. The summed E-state index contributed by atoms with van der Waals surface area (Å²) in [5, 5.41) is 9.44. The Morgan fingerprint density at radius 3 is 2.90 bits per heavy atom. The highest BCUT2D eigenvalue weighted by atomic mass is 16.4. The number of nitrogens with zero attached hydrogens (tertiary/aromatic N) is 3. The van der Waals surface area contributed by atoms with Gasteiger partial charge < -0.3 is 5.11 Å². The van der Waals surface area contributed by atoms with Crippen LogP contribution in [0.5, 0.6) is 0 Å². The molecule has 0 spiro atoms. The first-order valence-corrected chi connectivity index (χ1v) is 7.55. The molecule has 3 rings (SSSR count). The van der Waals surface area contributed by atoms with Crippen LogP contribution in [-0.2, 0) is 0 Å². The van der Waals surface area contributed by atoms with Gasteiger partial charge in [0.1, 0.15) is 11.5 Å². The van der Waals surface area contributed by atoms with E-state index in [0.717, 1.165) is 30.7 Å². The molecule has 112 valence electrons. The van der Waals surface area contributed by atoms with Gasteiger partial charge >= 0.3 is 5.97 Å². The zero-order chi connectivity index (χ0) is 15.0. The Balaban J connectivity index is 2.13. The number of carbonyl (C=O) groups is 1. The Hall–Kier alpha value is -1.88. The molecule has 1 N–H and O–H groups in total. The highest BCUT2D eigenvalue weighted by molar-refractivity contribution is 5.86. The number of carboxylic acid groups (broad SMARTS) is 1. The topological polar surface area (TPSA) is 57.8 Å². The van der Waals surface area contributed by atoms with E-state index in [1.54, 1.807) is 22.7 Å². The van der Waals surface area contributed by atoms with Gasteiger partial charge in [0, 0.05) is 6.04 Å². The fourth-order valence-corrected chi connectivity index (χ4v) is 3.32. The summed E-state index contributed by atoms with van der Waals surface area (Å²) in [7, 11) is 0. The Bertz CT molecular complexity index is 663. The number of piperidine rings is 1. The predicted octanol–water partition coefficient (Wildman–Crippen LogP) is 2.97. The number of imidazole rings is 1. The number of rotatable bonds is 3. The molecule has 5 heteroatoms. The second-order valence-electron chi connectivity index (χ2n) is 5.94. The van der Waals surface area contributed by atoms with Crippen LogP contribution in [-0.4, -0.2) is 37.9 Å². The van der Waals surface area contributed by atoms with Gasteiger partial charge in [-0.25, -0.2) is 9.78 Å². The van der Waals surface area contributed by atoms with Gasteiger partial charge in [0.25, 0.3) is 0 Å². The lowest BCUT2D eigenvalue weighted by molar-refractivity contribution is 0.0685. The van der Waals surface area contributed by atoms with Gasteiger partial charge in [-0.15, -0.1) is 0 Å². The van der Waals surface area contributed by atoms with Crippen LogP contribution in [0.4, 0.5) is 0 Å². The highest BCUT2D eigenvalue weighted by Crippen LogP contribution is 2.32. The number of aromatic carboxylic acids is 1. The third-order valence-corrected chi connectivity index (χ3v) is 4.30. The fraction of sp³-hybridized carbons (Fsp3) is 0.500. The molecule has 1 aliphatic rings. The van der Waals surface area contributed by atoms with Gasteiger partial charge in [-0.1, -0.05) is 12.5 Å². The van der Waals surface area contributed by atoms with Crippen LogP contribution in [0, 0.1) is 0 Å². The van der Waals surface area contributed by atoms with E-state index in [9.17, 15) is 9.90 Å². The number of likely N-dealkylation sites (tertiary alicyclic amines) is 1. The minimum Gasteiger partial charge on any atom is -0.477 e. The second kappa shape index (κ2) is 5.48. The lowest BCUT2D eigenvalue weighted by Gasteiger charge is -2.37. The van der Waals surface area contributed by atoms with Crippen molar-refractivity contribution in [3.63, 3.8) is 0 Å². The molecule has 0 radical (unpaired) electrons. The Morgan fingerprint density at radius 1 is 1.38 bits per heavy atom. The predicted molar refractivity (Wildman–Crippen MR) is 80.6 cm³/mol. The maximum Gasteiger partial charge on any atom is 0.352 e. The molecule has 2 aromatic rings. The first-order chi connectivity index (χ1) is 10.1. The molecule has 0 amide bonds. The summed E-state index contributed by atoms with van der Waals surface area (Å²) in [5.41, 5.74) is 1.13. The third-order valence-electron chi connectivity index (χ3n) is 4.30. The van der Waals surface area contributed by atoms with E-state index in [1.807, 2.05) is 6.07 Å². The van der Waals surface area contributed by atoms with Crippen LogP contribution >= 0.6 is 0 Å². The Labute approximate surface area is 124 Å². The minimum atomic E-state index is -0.910. The first-order valence-electron chi connectivity index (χ1n) is 7.55. The molecule has 0 bridgehead atoms. The average Bonchev–Trinajstić information content (AvgIpc) is 2.90. The zero-order valence-corrected chi connectivity index (χ0v) is 12.5. The molecule has 0 aromatic carbocycles. The molecule has 1 aliphatic heterocycles. The van der Waals surface area contributed by atoms with E-state index < -0.39 is 5.97 Å². The SMILES string of the molecule is CC(C)N1CCCCC1c1ncc2cccc(C(=O)O)n12. The maximum absolute atomic E-state index is 11.5. The second-order valence-corrected chi connectivity index (χ2v) is 5.94. The highest BCUT2D eigenvalue weighted by Gasteiger charge is 2.29. The van der Waals surface area contributed by atoms with Gasteiger partial charge in [0.2, 0.25) is 0 Å². The van der Waals surface area contributed by atoms with Gasteiger partial charge in [0.15, 0.2) is 0 Å². The monoisotopic (exact) mass is 287 g/mol. The van der Waals surface area contributed by atoms with E-state index in [4.69, 9.17) is 0 Å². The third kappa shape index (κ3) is 2.42. The smallest absolute Gasteiger partial charge is 0.352 e. The number of pyridine rings is 1. The van der Waals surface area contributed by atoms with Crippen LogP contribution in [0.15, 0.2) is 24.4 Å². The molecule has 1 fully saturated rings. The van der Waals surface area contributed by atoms with Gasteiger partial charge in [-0.2, -0.15) is 0 Å². The van der Waals surface area contributed by atoms with Crippen LogP contribution in [0.25, 0.3) is 5.52 Å². The largest absolute Gasteiger partial charge is 0.477 e. The lowest BCUT2D eigenvalue weighted by atomic mass is 9.99. The van der Waals surface area contributed by atoms with E-state index in [0.29, 0.717) is 6.04 Å². The van der Waals surface area contributed by atoms with Crippen molar-refractivity contribution in [3.05, 3.63) is 35.9 Å². The van der Waals surface area contributed by atoms with Crippen LogP contribution in [0.1, 0.15) is 55.5 Å². The van der Waals surface area contributed by atoms with Gasteiger partial charge in [0.05, 0.1) is 17.8 Å². The molecule has 0 saturated carbocycles.